The highest BCUT2D eigenvalue weighted by molar-refractivity contribution is 5.75. The van der Waals surface area contributed by atoms with Gasteiger partial charge in [0.1, 0.15) is 6.61 Å². The zero-order valence-electron chi connectivity index (χ0n) is 19.0. The molecule has 1 heterocycles. The van der Waals surface area contributed by atoms with Crippen molar-refractivity contribution in [2.75, 3.05) is 46.2 Å². The second kappa shape index (κ2) is 12.9. The summed E-state index contributed by atoms with van der Waals surface area (Å²) >= 11 is 0. The molecule has 0 saturated carbocycles. The summed E-state index contributed by atoms with van der Waals surface area (Å²) in [6.07, 6.45) is 3.65. The van der Waals surface area contributed by atoms with Crippen molar-refractivity contribution in [1.82, 2.24) is 15.0 Å². The number of esters is 1. The summed E-state index contributed by atoms with van der Waals surface area (Å²) in [5.74, 6) is -0.222. The third-order valence-electron chi connectivity index (χ3n) is 3.99. The first-order valence-electron chi connectivity index (χ1n) is 10.4. The van der Waals surface area contributed by atoms with Crippen molar-refractivity contribution in [3.63, 3.8) is 0 Å². The lowest BCUT2D eigenvalue weighted by Crippen LogP contribution is -2.24. The number of rotatable bonds is 14. The van der Waals surface area contributed by atoms with E-state index < -0.39 is 5.41 Å². The molecule has 0 saturated heterocycles. The van der Waals surface area contributed by atoms with E-state index in [-0.39, 0.29) is 12.6 Å². The van der Waals surface area contributed by atoms with Gasteiger partial charge in [-0.25, -0.2) is 4.68 Å². The fraction of sp³-hybridized carbons (Fsp3) is 0.857. The largest absolute Gasteiger partial charge is 0.463 e. The van der Waals surface area contributed by atoms with Crippen LogP contribution in [0.4, 0.5) is 0 Å². The average molecular weight is 414 g/mol. The van der Waals surface area contributed by atoms with Gasteiger partial charge in [-0.15, -0.1) is 5.10 Å². The highest BCUT2D eigenvalue weighted by Crippen LogP contribution is 2.17. The molecule has 0 radical (unpaired) electrons. The van der Waals surface area contributed by atoms with Crippen molar-refractivity contribution in [1.29, 1.82) is 0 Å². The lowest BCUT2D eigenvalue weighted by Gasteiger charge is -2.17. The fourth-order valence-corrected chi connectivity index (χ4v) is 2.11. The smallest absolute Gasteiger partial charge is 0.311 e. The number of hydrogen-bond acceptors (Lipinski definition) is 7. The zero-order valence-corrected chi connectivity index (χ0v) is 19.0. The number of carbonyl (C=O) groups is 1. The van der Waals surface area contributed by atoms with Crippen molar-refractivity contribution in [3.05, 3.63) is 11.9 Å². The van der Waals surface area contributed by atoms with Gasteiger partial charge in [-0.3, -0.25) is 4.79 Å². The number of nitrogens with zero attached hydrogens (tertiary/aromatic N) is 3. The molecule has 0 aliphatic rings. The van der Waals surface area contributed by atoms with E-state index in [0.29, 0.717) is 51.4 Å². The minimum atomic E-state index is -0.486. The number of aromatic nitrogens is 3. The SMILES string of the molecule is CC(C)(C)CCOCCOCCc1cn(CCOCCOC(=O)C(C)(C)C)nn1. The van der Waals surface area contributed by atoms with Gasteiger partial charge < -0.3 is 18.9 Å². The Morgan fingerprint density at radius 1 is 0.897 bits per heavy atom. The van der Waals surface area contributed by atoms with Crippen LogP contribution in [0.1, 0.15) is 53.7 Å². The molecule has 0 aliphatic heterocycles. The molecular weight excluding hydrogens is 374 g/mol. The van der Waals surface area contributed by atoms with Crippen LogP contribution >= 0.6 is 0 Å². The Bertz CT molecular complexity index is 576. The Kier molecular flexibility index (Phi) is 11.4. The monoisotopic (exact) mass is 413 g/mol. The Labute approximate surface area is 175 Å². The van der Waals surface area contributed by atoms with Gasteiger partial charge in [0.05, 0.1) is 50.7 Å². The third kappa shape index (κ3) is 13.4. The van der Waals surface area contributed by atoms with Crippen LogP contribution in [0.2, 0.25) is 0 Å². The number of ether oxygens (including phenoxy) is 4. The molecule has 1 aromatic rings. The molecule has 1 aromatic heterocycles. The zero-order chi connectivity index (χ0) is 21.8. The van der Waals surface area contributed by atoms with E-state index in [4.69, 9.17) is 18.9 Å². The maximum Gasteiger partial charge on any atom is 0.311 e. The number of carbonyl (C=O) groups excluding carboxylic acids is 1. The van der Waals surface area contributed by atoms with Crippen molar-refractivity contribution in [3.8, 4) is 0 Å². The van der Waals surface area contributed by atoms with Gasteiger partial charge in [0.15, 0.2) is 0 Å². The highest BCUT2D eigenvalue weighted by Gasteiger charge is 2.22. The molecule has 0 unspecified atom stereocenters. The molecule has 29 heavy (non-hydrogen) atoms. The first-order chi connectivity index (χ1) is 13.6. The molecule has 0 fully saturated rings. The van der Waals surface area contributed by atoms with Gasteiger partial charge in [0.2, 0.25) is 0 Å². The van der Waals surface area contributed by atoms with E-state index in [0.717, 1.165) is 18.7 Å². The highest BCUT2D eigenvalue weighted by atomic mass is 16.6. The first kappa shape index (κ1) is 25.5. The average Bonchev–Trinajstić information content (AvgIpc) is 3.06. The molecule has 0 bridgehead atoms. The van der Waals surface area contributed by atoms with Gasteiger partial charge in [-0.1, -0.05) is 26.0 Å². The number of hydrogen-bond donors (Lipinski definition) is 0. The van der Waals surface area contributed by atoms with E-state index >= 15 is 0 Å². The fourth-order valence-electron chi connectivity index (χ4n) is 2.11. The van der Waals surface area contributed by atoms with Crippen molar-refractivity contribution in [2.24, 2.45) is 10.8 Å². The predicted molar refractivity (Wildman–Crippen MR) is 111 cm³/mol. The van der Waals surface area contributed by atoms with Crippen LogP contribution in [0, 0.1) is 10.8 Å². The molecule has 8 heteroatoms. The van der Waals surface area contributed by atoms with E-state index in [1.54, 1.807) is 4.68 Å². The standard InChI is InChI=1S/C21H39N3O5/c1-20(2,3)8-11-27-14-13-26-10-7-18-17-24(23-22-18)9-12-28-15-16-29-19(25)21(4,5)6/h17H,7-16H2,1-6H3. The quantitative estimate of drug-likeness (QED) is 0.342. The van der Waals surface area contributed by atoms with Crippen molar-refractivity contribution >= 4 is 5.97 Å². The summed E-state index contributed by atoms with van der Waals surface area (Å²) in [5.41, 5.74) is 0.703. The lowest BCUT2D eigenvalue weighted by atomic mass is 9.93. The molecule has 0 N–H and O–H groups in total. The van der Waals surface area contributed by atoms with Crippen molar-refractivity contribution in [2.45, 2.75) is 60.9 Å². The van der Waals surface area contributed by atoms with Crippen LogP contribution < -0.4 is 0 Å². The van der Waals surface area contributed by atoms with Gasteiger partial charge in [-0.2, -0.15) is 0 Å². The lowest BCUT2D eigenvalue weighted by molar-refractivity contribution is -0.154. The summed E-state index contributed by atoms with van der Waals surface area (Å²) < 4.78 is 23.5. The molecule has 0 aromatic carbocycles. The summed E-state index contributed by atoms with van der Waals surface area (Å²) in [5, 5.41) is 8.21. The molecule has 8 nitrogen and oxygen atoms in total. The molecule has 0 atom stereocenters. The Hall–Kier alpha value is -1.51. The second-order valence-electron chi connectivity index (χ2n) is 9.26. The Balaban J connectivity index is 2.01. The van der Waals surface area contributed by atoms with Gasteiger partial charge in [0.25, 0.3) is 0 Å². The van der Waals surface area contributed by atoms with Crippen LogP contribution in [0.5, 0.6) is 0 Å². The minimum Gasteiger partial charge on any atom is -0.463 e. The predicted octanol–water partition coefficient (Wildman–Crippen LogP) is 2.90. The molecule has 0 amide bonds. The third-order valence-corrected chi connectivity index (χ3v) is 3.99. The summed E-state index contributed by atoms with van der Waals surface area (Å²) in [7, 11) is 0. The minimum absolute atomic E-state index is 0.222. The summed E-state index contributed by atoms with van der Waals surface area (Å²) in [4.78, 5) is 11.6. The topological polar surface area (TPSA) is 84.7 Å². The van der Waals surface area contributed by atoms with Crippen LogP contribution in [0.25, 0.3) is 0 Å². The van der Waals surface area contributed by atoms with Crippen molar-refractivity contribution < 1.29 is 23.7 Å². The summed E-state index contributed by atoms with van der Waals surface area (Å²) in [6.45, 7) is 16.4. The van der Waals surface area contributed by atoms with E-state index in [1.807, 2.05) is 27.0 Å². The Morgan fingerprint density at radius 2 is 1.52 bits per heavy atom. The van der Waals surface area contributed by atoms with Crippen LogP contribution in [-0.4, -0.2) is 67.2 Å². The molecule has 1 rings (SSSR count). The van der Waals surface area contributed by atoms with Crippen LogP contribution in [0.15, 0.2) is 6.20 Å². The van der Waals surface area contributed by atoms with Gasteiger partial charge in [-0.05, 0) is 32.6 Å². The van der Waals surface area contributed by atoms with Gasteiger partial charge >= 0.3 is 5.97 Å². The van der Waals surface area contributed by atoms with E-state index in [9.17, 15) is 4.79 Å². The van der Waals surface area contributed by atoms with Crippen LogP contribution in [0.3, 0.4) is 0 Å². The molecular formula is C21H39N3O5. The van der Waals surface area contributed by atoms with E-state index in [1.165, 1.54) is 0 Å². The molecule has 168 valence electrons. The maximum absolute atomic E-state index is 11.6. The summed E-state index contributed by atoms with van der Waals surface area (Å²) in [6, 6.07) is 0. The normalized spacial score (nSPS) is 12.3. The second-order valence-corrected chi connectivity index (χ2v) is 9.26. The molecule has 0 aliphatic carbocycles. The van der Waals surface area contributed by atoms with Crippen LogP contribution in [-0.2, 0) is 36.7 Å². The van der Waals surface area contributed by atoms with E-state index in [2.05, 4.69) is 31.1 Å². The van der Waals surface area contributed by atoms with Gasteiger partial charge in [0, 0.05) is 19.2 Å². The maximum atomic E-state index is 11.6. The molecule has 0 spiro atoms. The Morgan fingerprint density at radius 3 is 2.17 bits per heavy atom. The first-order valence-corrected chi connectivity index (χ1v) is 10.4.